The molecule has 0 fully saturated rings. The van der Waals surface area contributed by atoms with Gasteiger partial charge < -0.3 is 5.11 Å². The van der Waals surface area contributed by atoms with E-state index in [0.29, 0.717) is 0 Å². The maximum absolute atomic E-state index is 11.2. The SMILES string of the molecule is CCC(C(=O)O)S(=O)(=O)CCC#N. The quantitative estimate of drug-likeness (QED) is 0.690. The molecule has 0 aromatic heterocycles. The second-order valence-corrected chi connectivity index (χ2v) is 4.81. The molecule has 0 aromatic carbocycles. The van der Waals surface area contributed by atoms with Gasteiger partial charge in [-0.3, -0.25) is 4.79 Å². The Kier molecular flexibility index (Phi) is 4.42. The number of hydrogen-bond acceptors (Lipinski definition) is 4. The molecule has 0 radical (unpaired) electrons. The molecular formula is C7H11NO4S. The van der Waals surface area contributed by atoms with Gasteiger partial charge in [0, 0.05) is 6.42 Å². The van der Waals surface area contributed by atoms with Gasteiger partial charge in [-0.25, -0.2) is 8.42 Å². The Bertz CT molecular complexity index is 314. The molecule has 0 saturated heterocycles. The first-order valence-corrected chi connectivity index (χ1v) is 5.48. The van der Waals surface area contributed by atoms with Crippen LogP contribution in [0.1, 0.15) is 19.8 Å². The summed E-state index contributed by atoms with van der Waals surface area (Å²) in [5, 5.41) is 15.3. The van der Waals surface area contributed by atoms with Crippen molar-refractivity contribution in [3.63, 3.8) is 0 Å². The first kappa shape index (κ1) is 11.9. The number of sulfone groups is 1. The average molecular weight is 205 g/mol. The van der Waals surface area contributed by atoms with Gasteiger partial charge in [0.2, 0.25) is 0 Å². The van der Waals surface area contributed by atoms with E-state index in [2.05, 4.69) is 0 Å². The van der Waals surface area contributed by atoms with Crippen molar-refractivity contribution in [2.75, 3.05) is 5.75 Å². The molecule has 1 atom stereocenters. The number of carboxylic acid groups (broad SMARTS) is 1. The molecule has 74 valence electrons. The third kappa shape index (κ3) is 3.42. The highest BCUT2D eigenvalue weighted by molar-refractivity contribution is 7.92. The van der Waals surface area contributed by atoms with Crippen LogP contribution in [0.5, 0.6) is 0 Å². The summed E-state index contributed by atoms with van der Waals surface area (Å²) in [5.74, 6) is -1.73. The van der Waals surface area contributed by atoms with E-state index in [1.807, 2.05) is 0 Å². The molecule has 1 unspecified atom stereocenters. The molecule has 0 aliphatic carbocycles. The fourth-order valence-corrected chi connectivity index (χ4v) is 2.39. The number of nitrogens with zero attached hydrogens (tertiary/aromatic N) is 1. The fraction of sp³-hybridized carbons (Fsp3) is 0.714. The topological polar surface area (TPSA) is 95.2 Å². The maximum atomic E-state index is 11.2. The normalized spacial score (nSPS) is 13.2. The second-order valence-electron chi connectivity index (χ2n) is 2.51. The van der Waals surface area contributed by atoms with Crippen molar-refractivity contribution in [3.05, 3.63) is 0 Å². The molecular weight excluding hydrogens is 194 g/mol. The Labute approximate surface area is 76.9 Å². The van der Waals surface area contributed by atoms with Crippen LogP contribution in [0.2, 0.25) is 0 Å². The third-order valence-corrected chi connectivity index (χ3v) is 3.75. The van der Waals surface area contributed by atoms with Crippen LogP contribution in [-0.2, 0) is 14.6 Å². The van der Waals surface area contributed by atoms with E-state index in [-0.39, 0.29) is 18.6 Å². The smallest absolute Gasteiger partial charge is 0.321 e. The number of carboxylic acids is 1. The van der Waals surface area contributed by atoms with Gasteiger partial charge in [0.1, 0.15) is 0 Å². The van der Waals surface area contributed by atoms with E-state index in [4.69, 9.17) is 10.4 Å². The van der Waals surface area contributed by atoms with Crippen LogP contribution < -0.4 is 0 Å². The second kappa shape index (κ2) is 4.82. The lowest BCUT2D eigenvalue weighted by Crippen LogP contribution is -2.31. The molecule has 0 rings (SSSR count). The van der Waals surface area contributed by atoms with Crippen LogP contribution in [0.15, 0.2) is 0 Å². The zero-order chi connectivity index (χ0) is 10.5. The molecule has 0 amide bonds. The molecule has 0 saturated carbocycles. The monoisotopic (exact) mass is 205 g/mol. The molecule has 6 heteroatoms. The van der Waals surface area contributed by atoms with Crippen molar-refractivity contribution in [2.24, 2.45) is 0 Å². The fourth-order valence-electron chi connectivity index (χ4n) is 0.912. The van der Waals surface area contributed by atoms with E-state index < -0.39 is 21.1 Å². The van der Waals surface area contributed by atoms with Crippen LogP contribution in [0, 0.1) is 11.3 Å². The largest absolute Gasteiger partial charge is 0.480 e. The minimum absolute atomic E-state index is 0.0308. The Morgan fingerprint density at radius 3 is 2.46 bits per heavy atom. The molecule has 13 heavy (non-hydrogen) atoms. The number of rotatable bonds is 5. The molecule has 1 N–H and O–H groups in total. The number of aliphatic carboxylic acids is 1. The van der Waals surface area contributed by atoms with Gasteiger partial charge in [-0.05, 0) is 6.42 Å². The lowest BCUT2D eigenvalue weighted by Gasteiger charge is -2.08. The summed E-state index contributed by atoms with van der Waals surface area (Å²) in [7, 11) is -3.66. The van der Waals surface area contributed by atoms with Crippen LogP contribution in [0.4, 0.5) is 0 Å². The first-order chi connectivity index (χ1) is 5.95. The minimum atomic E-state index is -3.66. The van der Waals surface area contributed by atoms with E-state index >= 15 is 0 Å². The molecule has 0 aliphatic rings. The molecule has 0 bridgehead atoms. The maximum Gasteiger partial charge on any atom is 0.321 e. The predicted molar refractivity (Wildman–Crippen MR) is 45.7 cm³/mol. The summed E-state index contributed by atoms with van der Waals surface area (Å²) < 4.78 is 22.5. The Hall–Kier alpha value is -1.09. The van der Waals surface area contributed by atoms with Crippen molar-refractivity contribution in [3.8, 4) is 6.07 Å². The van der Waals surface area contributed by atoms with Gasteiger partial charge in [-0.15, -0.1) is 0 Å². The lowest BCUT2D eigenvalue weighted by molar-refractivity contribution is -0.136. The number of nitriles is 1. The van der Waals surface area contributed by atoms with E-state index in [1.54, 1.807) is 6.07 Å². The molecule has 0 aliphatic heterocycles. The van der Waals surface area contributed by atoms with Crippen LogP contribution in [-0.4, -0.2) is 30.5 Å². The van der Waals surface area contributed by atoms with E-state index in [1.165, 1.54) is 6.92 Å². The third-order valence-electron chi connectivity index (χ3n) is 1.58. The Morgan fingerprint density at radius 2 is 2.15 bits per heavy atom. The molecule has 0 aromatic rings. The van der Waals surface area contributed by atoms with Crippen molar-refractivity contribution in [1.29, 1.82) is 5.26 Å². The summed E-state index contributed by atoms with van der Waals surface area (Å²) >= 11 is 0. The van der Waals surface area contributed by atoms with E-state index in [0.717, 1.165) is 0 Å². The highest BCUT2D eigenvalue weighted by Crippen LogP contribution is 2.08. The minimum Gasteiger partial charge on any atom is -0.480 e. The number of hydrogen-bond donors (Lipinski definition) is 1. The zero-order valence-corrected chi connectivity index (χ0v) is 8.04. The zero-order valence-electron chi connectivity index (χ0n) is 7.23. The predicted octanol–water partition coefficient (Wildman–Crippen LogP) is 0.178. The number of carbonyl (C=O) groups is 1. The lowest BCUT2D eigenvalue weighted by atomic mass is 10.3. The Morgan fingerprint density at radius 1 is 1.62 bits per heavy atom. The summed E-state index contributed by atoms with van der Waals surface area (Å²) in [6.45, 7) is 1.49. The summed E-state index contributed by atoms with van der Waals surface area (Å²) in [6, 6.07) is 1.67. The summed E-state index contributed by atoms with van der Waals surface area (Å²) in [5.41, 5.74) is 0. The van der Waals surface area contributed by atoms with Crippen LogP contribution >= 0.6 is 0 Å². The van der Waals surface area contributed by atoms with Gasteiger partial charge in [-0.2, -0.15) is 5.26 Å². The van der Waals surface area contributed by atoms with Gasteiger partial charge >= 0.3 is 5.97 Å². The molecule has 0 spiro atoms. The summed E-state index contributed by atoms with van der Waals surface area (Å²) in [6.07, 6.45) is -0.130. The van der Waals surface area contributed by atoms with Crippen LogP contribution in [0.3, 0.4) is 0 Å². The highest BCUT2D eigenvalue weighted by Gasteiger charge is 2.29. The van der Waals surface area contributed by atoms with Gasteiger partial charge in [0.25, 0.3) is 0 Å². The summed E-state index contributed by atoms with van der Waals surface area (Å²) in [4.78, 5) is 10.5. The van der Waals surface area contributed by atoms with Crippen LogP contribution in [0.25, 0.3) is 0 Å². The first-order valence-electron chi connectivity index (χ1n) is 3.77. The average Bonchev–Trinajstić information content (AvgIpc) is 2.01. The standard InChI is InChI=1S/C7H11NO4S/c1-2-6(7(9)10)13(11,12)5-3-4-8/h6H,2-3,5H2,1H3,(H,9,10). The van der Waals surface area contributed by atoms with Crippen molar-refractivity contribution >= 4 is 15.8 Å². The van der Waals surface area contributed by atoms with Gasteiger partial charge in [-0.1, -0.05) is 6.92 Å². The molecule has 5 nitrogen and oxygen atoms in total. The van der Waals surface area contributed by atoms with Crippen molar-refractivity contribution in [1.82, 2.24) is 0 Å². The van der Waals surface area contributed by atoms with E-state index in [9.17, 15) is 13.2 Å². The van der Waals surface area contributed by atoms with Gasteiger partial charge in [0.15, 0.2) is 15.1 Å². The van der Waals surface area contributed by atoms with Crippen molar-refractivity contribution in [2.45, 2.75) is 25.0 Å². The molecule has 0 heterocycles. The van der Waals surface area contributed by atoms with Crippen molar-refractivity contribution < 1.29 is 18.3 Å². The Balaban J connectivity index is 4.61. The van der Waals surface area contributed by atoms with Gasteiger partial charge in [0.05, 0.1) is 11.8 Å². The highest BCUT2D eigenvalue weighted by atomic mass is 32.2.